The van der Waals surface area contributed by atoms with E-state index in [1.165, 1.54) is 12.8 Å². The maximum Gasteiger partial charge on any atom is 0.265 e. The molecule has 0 spiro atoms. The molecule has 0 saturated carbocycles. The molecule has 1 fully saturated rings. The molecule has 1 aromatic rings. The smallest absolute Gasteiger partial charge is 0.265 e. The van der Waals surface area contributed by atoms with Gasteiger partial charge in [0.2, 0.25) is 0 Å². The van der Waals surface area contributed by atoms with Crippen LogP contribution in [-0.4, -0.2) is 47.4 Å². The van der Waals surface area contributed by atoms with E-state index in [-0.39, 0.29) is 5.91 Å². The monoisotopic (exact) mass is 281 g/mol. The highest BCUT2D eigenvalue weighted by molar-refractivity contribution is 7.13. The Balaban J connectivity index is 2.18. The summed E-state index contributed by atoms with van der Waals surface area (Å²) in [4.78, 5) is 21.3. The van der Waals surface area contributed by atoms with E-state index in [0.717, 1.165) is 22.9 Å². The number of amides is 1. The minimum Gasteiger partial charge on any atom is -0.344 e. The van der Waals surface area contributed by atoms with Gasteiger partial charge in [0.25, 0.3) is 5.91 Å². The fraction of sp³-hybridized carbons (Fsp3) is 0.714. The number of thiazole rings is 1. The lowest BCUT2D eigenvalue weighted by molar-refractivity contribution is 0.0832. The second kappa shape index (κ2) is 6.01. The second-order valence-electron chi connectivity index (χ2n) is 5.61. The number of hydrogen-bond donors (Lipinski definition) is 0. The zero-order valence-electron chi connectivity index (χ0n) is 12.2. The summed E-state index contributed by atoms with van der Waals surface area (Å²) in [6, 6.07) is 0.921. The summed E-state index contributed by atoms with van der Waals surface area (Å²) in [5.74, 6) is 0.0515. The SMILES string of the molecule is CC(C)N1CCCC[C@@H]1c1ncc(C(=O)N(C)C)s1. The highest BCUT2D eigenvalue weighted by Gasteiger charge is 2.28. The van der Waals surface area contributed by atoms with E-state index in [4.69, 9.17) is 0 Å². The lowest BCUT2D eigenvalue weighted by Gasteiger charge is -2.37. The Hall–Kier alpha value is -0.940. The number of aromatic nitrogens is 1. The van der Waals surface area contributed by atoms with E-state index in [1.807, 2.05) is 0 Å². The molecule has 19 heavy (non-hydrogen) atoms. The lowest BCUT2D eigenvalue weighted by atomic mass is 10.0. The first kappa shape index (κ1) is 14.5. The molecular weight excluding hydrogens is 258 g/mol. The Labute approximate surface area is 119 Å². The molecular formula is C14H23N3OS. The third-order valence-corrected chi connectivity index (χ3v) is 4.72. The Kier molecular flexibility index (Phi) is 4.58. The highest BCUT2D eigenvalue weighted by atomic mass is 32.1. The Bertz CT molecular complexity index is 442. The van der Waals surface area contributed by atoms with Crippen molar-refractivity contribution >= 4 is 17.2 Å². The predicted molar refractivity (Wildman–Crippen MR) is 78.6 cm³/mol. The first-order valence-electron chi connectivity index (χ1n) is 6.94. The molecule has 0 radical (unpaired) electrons. The zero-order valence-corrected chi connectivity index (χ0v) is 13.0. The van der Waals surface area contributed by atoms with Crippen LogP contribution in [0.25, 0.3) is 0 Å². The summed E-state index contributed by atoms with van der Waals surface area (Å²) in [7, 11) is 3.56. The third-order valence-electron chi connectivity index (χ3n) is 3.63. The van der Waals surface area contributed by atoms with Crippen molar-refractivity contribution in [1.82, 2.24) is 14.8 Å². The van der Waals surface area contributed by atoms with E-state index in [2.05, 4.69) is 23.7 Å². The fourth-order valence-corrected chi connectivity index (χ4v) is 3.69. The number of likely N-dealkylation sites (tertiary alicyclic amines) is 1. The van der Waals surface area contributed by atoms with E-state index in [1.54, 1.807) is 36.5 Å². The number of carbonyl (C=O) groups excluding carboxylic acids is 1. The van der Waals surface area contributed by atoms with Crippen molar-refractivity contribution in [3.8, 4) is 0 Å². The van der Waals surface area contributed by atoms with E-state index in [9.17, 15) is 4.79 Å². The van der Waals surface area contributed by atoms with Crippen LogP contribution in [0.3, 0.4) is 0 Å². The summed E-state index contributed by atoms with van der Waals surface area (Å²) in [5.41, 5.74) is 0. The van der Waals surface area contributed by atoms with Gasteiger partial charge in [-0.1, -0.05) is 6.42 Å². The molecule has 0 aromatic carbocycles. The minimum atomic E-state index is 0.0515. The van der Waals surface area contributed by atoms with Gasteiger partial charge in [-0.2, -0.15) is 0 Å². The summed E-state index contributed by atoms with van der Waals surface area (Å²) in [6.45, 7) is 5.61. The van der Waals surface area contributed by atoms with Gasteiger partial charge < -0.3 is 4.90 Å². The topological polar surface area (TPSA) is 36.4 Å². The molecule has 2 rings (SSSR count). The van der Waals surface area contributed by atoms with Crippen molar-refractivity contribution in [2.45, 2.75) is 45.2 Å². The molecule has 1 aromatic heterocycles. The van der Waals surface area contributed by atoms with Crippen LogP contribution >= 0.6 is 11.3 Å². The van der Waals surface area contributed by atoms with Gasteiger partial charge in [0.15, 0.2) is 0 Å². The Morgan fingerprint density at radius 2 is 2.21 bits per heavy atom. The molecule has 0 bridgehead atoms. The summed E-state index contributed by atoms with van der Waals surface area (Å²) in [6.07, 6.45) is 5.41. The molecule has 1 saturated heterocycles. The van der Waals surface area contributed by atoms with Crippen LogP contribution in [0.1, 0.15) is 53.8 Å². The van der Waals surface area contributed by atoms with Gasteiger partial charge in [-0.15, -0.1) is 11.3 Å². The van der Waals surface area contributed by atoms with Gasteiger partial charge in [0.05, 0.1) is 12.2 Å². The van der Waals surface area contributed by atoms with E-state index >= 15 is 0 Å². The van der Waals surface area contributed by atoms with Crippen LogP contribution in [-0.2, 0) is 0 Å². The van der Waals surface area contributed by atoms with Gasteiger partial charge in [-0.25, -0.2) is 4.98 Å². The predicted octanol–water partition coefficient (Wildman–Crippen LogP) is 2.78. The summed E-state index contributed by atoms with van der Waals surface area (Å²) < 4.78 is 0. The molecule has 1 aliphatic heterocycles. The van der Waals surface area contributed by atoms with Gasteiger partial charge >= 0.3 is 0 Å². The molecule has 0 unspecified atom stereocenters. The van der Waals surface area contributed by atoms with E-state index < -0.39 is 0 Å². The number of nitrogens with zero attached hydrogens (tertiary/aromatic N) is 3. The van der Waals surface area contributed by atoms with Gasteiger partial charge in [-0.3, -0.25) is 9.69 Å². The molecule has 1 aliphatic rings. The maximum absolute atomic E-state index is 11.9. The van der Waals surface area contributed by atoms with Crippen LogP contribution in [0.4, 0.5) is 0 Å². The van der Waals surface area contributed by atoms with Crippen LogP contribution in [0.15, 0.2) is 6.20 Å². The van der Waals surface area contributed by atoms with Gasteiger partial charge in [0.1, 0.15) is 9.88 Å². The fourth-order valence-electron chi connectivity index (χ4n) is 2.60. The number of hydrogen-bond acceptors (Lipinski definition) is 4. The molecule has 1 atom stereocenters. The number of piperidine rings is 1. The molecule has 106 valence electrons. The molecule has 0 N–H and O–H groups in total. The van der Waals surface area contributed by atoms with Crippen molar-refractivity contribution in [1.29, 1.82) is 0 Å². The minimum absolute atomic E-state index is 0.0515. The van der Waals surface area contributed by atoms with Crippen molar-refractivity contribution in [2.24, 2.45) is 0 Å². The van der Waals surface area contributed by atoms with Gasteiger partial charge in [-0.05, 0) is 33.2 Å². The molecule has 4 nitrogen and oxygen atoms in total. The standard InChI is InChI=1S/C14H23N3OS/c1-10(2)17-8-6-5-7-11(17)13-15-9-12(19-13)14(18)16(3)4/h9-11H,5-8H2,1-4H3/t11-/m1/s1. The zero-order chi connectivity index (χ0) is 14.0. The Morgan fingerprint density at radius 3 is 2.84 bits per heavy atom. The van der Waals surface area contributed by atoms with Crippen molar-refractivity contribution in [3.05, 3.63) is 16.1 Å². The molecule has 2 heterocycles. The molecule has 5 heteroatoms. The lowest BCUT2D eigenvalue weighted by Crippen LogP contribution is -2.38. The van der Waals surface area contributed by atoms with Crippen molar-refractivity contribution in [3.63, 3.8) is 0 Å². The highest BCUT2D eigenvalue weighted by Crippen LogP contribution is 2.34. The van der Waals surface area contributed by atoms with Crippen LogP contribution in [0.5, 0.6) is 0 Å². The van der Waals surface area contributed by atoms with Crippen LogP contribution in [0, 0.1) is 0 Å². The summed E-state index contributed by atoms with van der Waals surface area (Å²) >= 11 is 1.55. The largest absolute Gasteiger partial charge is 0.344 e. The first-order valence-corrected chi connectivity index (χ1v) is 7.75. The first-order chi connectivity index (χ1) is 9.00. The quantitative estimate of drug-likeness (QED) is 0.855. The average Bonchev–Trinajstić information content (AvgIpc) is 2.87. The van der Waals surface area contributed by atoms with Crippen LogP contribution < -0.4 is 0 Å². The number of rotatable bonds is 3. The van der Waals surface area contributed by atoms with Crippen LogP contribution in [0.2, 0.25) is 0 Å². The second-order valence-corrected chi connectivity index (χ2v) is 6.67. The number of carbonyl (C=O) groups is 1. The molecule has 0 aliphatic carbocycles. The maximum atomic E-state index is 11.9. The third kappa shape index (κ3) is 3.15. The van der Waals surface area contributed by atoms with Crippen molar-refractivity contribution < 1.29 is 4.79 Å². The van der Waals surface area contributed by atoms with E-state index in [0.29, 0.717) is 12.1 Å². The summed E-state index contributed by atoms with van der Waals surface area (Å²) in [5, 5.41) is 1.10. The molecule has 1 amide bonds. The van der Waals surface area contributed by atoms with Crippen molar-refractivity contribution in [2.75, 3.05) is 20.6 Å². The Morgan fingerprint density at radius 1 is 1.47 bits per heavy atom. The normalized spacial score (nSPS) is 20.8. The average molecular weight is 281 g/mol. The van der Waals surface area contributed by atoms with Gasteiger partial charge in [0, 0.05) is 20.1 Å².